The molecule has 11 nitrogen and oxygen atoms in total. The Morgan fingerprint density at radius 2 is 1.68 bits per heavy atom. The predicted molar refractivity (Wildman–Crippen MR) is 131 cm³/mol. The molecule has 0 amide bonds. The van der Waals surface area contributed by atoms with E-state index in [0.29, 0.717) is 0 Å². The molecule has 2 saturated heterocycles. The van der Waals surface area contributed by atoms with Crippen molar-refractivity contribution in [1.82, 2.24) is 0 Å². The van der Waals surface area contributed by atoms with Crippen LogP contribution in [0.2, 0.25) is 0 Å². The molecule has 0 aromatic heterocycles. The second kappa shape index (κ2) is 12.9. The molecule has 206 valence electrons. The standard InChI is InChI=1S/C27H32O11/c28-13-19-21(30)22(31)23(25(37-19)34-14-18-9-5-2-6-10-18)38-26-24(32)27(33,16-36-26)15-35-20(29)12-11-17-7-3-1-4-8-17/h1-12,19,21-26,28,30-33H,13-16H2/b12-11+/t19?,21?,22?,23?,24?,25?,26?,27-/m1/s1. The summed E-state index contributed by atoms with van der Waals surface area (Å²) in [5, 5.41) is 52.1. The van der Waals surface area contributed by atoms with Crippen molar-refractivity contribution in [1.29, 1.82) is 0 Å². The van der Waals surface area contributed by atoms with Crippen LogP contribution in [0.1, 0.15) is 11.1 Å². The van der Waals surface area contributed by atoms with E-state index in [4.69, 9.17) is 23.7 Å². The molecule has 4 rings (SSSR count). The summed E-state index contributed by atoms with van der Waals surface area (Å²) in [5.41, 5.74) is -0.414. The largest absolute Gasteiger partial charge is 0.459 e. The van der Waals surface area contributed by atoms with Crippen LogP contribution < -0.4 is 0 Å². The van der Waals surface area contributed by atoms with Crippen molar-refractivity contribution in [3.05, 3.63) is 77.9 Å². The van der Waals surface area contributed by atoms with Crippen molar-refractivity contribution in [2.75, 3.05) is 19.8 Å². The fraction of sp³-hybridized carbons (Fsp3) is 0.444. The third kappa shape index (κ3) is 6.83. The Labute approximate surface area is 219 Å². The maximum Gasteiger partial charge on any atom is 0.330 e. The summed E-state index contributed by atoms with van der Waals surface area (Å²) in [6.45, 7) is -1.53. The minimum atomic E-state index is -1.99. The zero-order chi connectivity index (χ0) is 27.1. The van der Waals surface area contributed by atoms with Crippen LogP contribution in [-0.2, 0) is 35.1 Å². The molecule has 2 fully saturated rings. The van der Waals surface area contributed by atoms with Gasteiger partial charge in [-0.25, -0.2) is 4.79 Å². The molecular formula is C27H32O11. The van der Waals surface area contributed by atoms with E-state index >= 15 is 0 Å². The van der Waals surface area contributed by atoms with Crippen molar-refractivity contribution in [3.63, 3.8) is 0 Å². The SMILES string of the molecule is O=C(/C=C/c1ccccc1)OC[C@@]1(O)COC(OC2C(OCc3ccccc3)OC(CO)C(O)C2O)C1O. The summed E-state index contributed by atoms with van der Waals surface area (Å²) in [6, 6.07) is 18.2. The lowest BCUT2D eigenvalue weighted by molar-refractivity contribution is -0.338. The quantitative estimate of drug-likeness (QED) is 0.202. The molecular weight excluding hydrogens is 500 g/mol. The molecule has 8 atom stereocenters. The number of carbonyl (C=O) groups excluding carboxylic acids is 1. The molecule has 0 bridgehead atoms. The first-order valence-electron chi connectivity index (χ1n) is 12.2. The van der Waals surface area contributed by atoms with Gasteiger partial charge in [0.2, 0.25) is 0 Å². The average Bonchev–Trinajstić information content (AvgIpc) is 3.22. The Kier molecular flexibility index (Phi) is 9.60. The maximum atomic E-state index is 12.1. The van der Waals surface area contributed by atoms with Crippen molar-refractivity contribution in [2.45, 2.75) is 55.3 Å². The second-order valence-corrected chi connectivity index (χ2v) is 9.18. The van der Waals surface area contributed by atoms with Crippen molar-refractivity contribution in [3.8, 4) is 0 Å². The molecule has 11 heteroatoms. The van der Waals surface area contributed by atoms with Crippen molar-refractivity contribution in [2.24, 2.45) is 0 Å². The Bertz CT molecular complexity index is 1050. The molecule has 0 saturated carbocycles. The molecule has 2 aromatic rings. The Morgan fingerprint density at radius 1 is 1.00 bits per heavy atom. The van der Waals surface area contributed by atoms with E-state index in [1.54, 1.807) is 18.2 Å². The molecule has 2 heterocycles. The number of carbonyl (C=O) groups is 1. The van der Waals surface area contributed by atoms with Gasteiger partial charge in [-0.05, 0) is 17.2 Å². The van der Waals surface area contributed by atoms with Gasteiger partial charge in [0.15, 0.2) is 18.2 Å². The number of esters is 1. The summed E-state index contributed by atoms with van der Waals surface area (Å²) in [6.07, 6.45) is -7.25. The van der Waals surface area contributed by atoms with Gasteiger partial charge >= 0.3 is 5.97 Å². The van der Waals surface area contributed by atoms with E-state index in [1.165, 1.54) is 6.08 Å². The normalized spacial score (nSPS) is 33.4. The third-order valence-electron chi connectivity index (χ3n) is 6.35. The van der Waals surface area contributed by atoms with E-state index < -0.39 is 74.5 Å². The van der Waals surface area contributed by atoms with Gasteiger partial charge in [0.1, 0.15) is 37.1 Å². The fourth-order valence-electron chi connectivity index (χ4n) is 4.11. The highest BCUT2D eigenvalue weighted by Gasteiger charge is 2.53. The number of rotatable bonds is 10. The summed E-state index contributed by atoms with van der Waals surface area (Å²) in [5.74, 6) is -0.734. The molecule has 7 unspecified atom stereocenters. The highest BCUT2D eigenvalue weighted by Crippen LogP contribution is 2.32. The third-order valence-corrected chi connectivity index (χ3v) is 6.35. The molecule has 5 N–H and O–H groups in total. The fourth-order valence-corrected chi connectivity index (χ4v) is 4.11. The van der Waals surface area contributed by atoms with Gasteiger partial charge < -0.3 is 49.2 Å². The lowest BCUT2D eigenvalue weighted by Crippen LogP contribution is -2.61. The number of hydrogen-bond acceptors (Lipinski definition) is 11. The monoisotopic (exact) mass is 532 g/mol. The molecule has 2 aliphatic heterocycles. The Morgan fingerprint density at radius 3 is 2.37 bits per heavy atom. The van der Waals surface area contributed by atoms with Crippen molar-refractivity contribution >= 4 is 12.0 Å². The summed E-state index contributed by atoms with van der Waals surface area (Å²) >= 11 is 0. The first-order valence-corrected chi connectivity index (χ1v) is 12.2. The predicted octanol–water partition coefficient (Wildman–Crippen LogP) is -0.268. The molecule has 2 aromatic carbocycles. The van der Waals surface area contributed by atoms with Crippen LogP contribution in [0.5, 0.6) is 0 Å². The van der Waals surface area contributed by atoms with Crippen LogP contribution in [0.25, 0.3) is 6.08 Å². The van der Waals surface area contributed by atoms with Crippen LogP contribution >= 0.6 is 0 Å². The molecule has 0 aliphatic carbocycles. The molecule has 0 spiro atoms. The van der Waals surface area contributed by atoms with Crippen LogP contribution in [0.4, 0.5) is 0 Å². The van der Waals surface area contributed by atoms with Crippen LogP contribution in [0.15, 0.2) is 66.7 Å². The highest BCUT2D eigenvalue weighted by atomic mass is 16.8. The van der Waals surface area contributed by atoms with Gasteiger partial charge in [-0.2, -0.15) is 0 Å². The lowest BCUT2D eigenvalue weighted by atomic mass is 9.98. The highest BCUT2D eigenvalue weighted by molar-refractivity contribution is 5.87. The number of aliphatic hydroxyl groups excluding tert-OH is 4. The number of benzene rings is 2. The Hall–Kier alpha value is -2.71. The first kappa shape index (κ1) is 28.3. The molecule has 0 radical (unpaired) electrons. The van der Waals surface area contributed by atoms with Crippen LogP contribution in [0.3, 0.4) is 0 Å². The van der Waals surface area contributed by atoms with E-state index in [2.05, 4.69) is 0 Å². The van der Waals surface area contributed by atoms with E-state index in [-0.39, 0.29) is 6.61 Å². The summed E-state index contributed by atoms with van der Waals surface area (Å²) in [4.78, 5) is 12.1. The lowest BCUT2D eigenvalue weighted by Gasteiger charge is -2.42. The number of hydrogen-bond donors (Lipinski definition) is 5. The van der Waals surface area contributed by atoms with Crippen LogP contribution in [0, 0.1) is 0 Å². The van der Waals surface area contributed by atoms with Crippen LogP contribution in [-0.4, -0.2) is 100 Å². The van der Waals surface area contributed by atoms with E-state index in [9.17, 15) is 30.3 Å². The van der Waals surface area contributed by atoms with Gasteiger partial charge in [0.25, 0.3) is 0 Å². The van der Waals surface area contributed by atoms with E-state index in [0.717, 1.165) is 11.1 Å². The van der Waals surface area contributed by atoms with E-state index in [1.807, 2.05) is 48.5 Å². The maximum absolute atomic E-state index is 12.1. The zero-order valence-corrected chi connectivity index (χ0v) is 20.5. The minimum Gasteiger partial charge on any atom is -0.459 e. The number of aliphatic hydroxyl groups is 5. The average molecular weight is 533 g/mol. The van der Waals surface area contributed by atoms with Gasteiger partial charge in [-0.3, -0.25) is 0 Å². The molecule has 38 heavy (non-hydrogen) atoms. The zero-order valence-electron chi connectivity index (χ0n) is 20.5. The molecule has 2 aliphatic rings. The minimum absolute atomic E-state index is 0.0663. The second-order valence-electron chi connectivity index (χ2n) is 9.18. The van der Waals surface area contributed by atoms with Gasteiger partial charge in [0, 0.05) is 6.08 Å². The summed E-state index contributed by atoms with van der Waals surface area (Å²) < 4.78 is 27.6. The Balaban J connectivity index is 1.37. The summed E-state index contributed by atoms with van der Waals surface area (Å²) in [7, 11) is 0. The van der Waals surface area contributed by atoms with Crippen molar-refractivity contribution < 1.29 is 54.0 Å². The van der Waals surface area contributed by atoms with Gasteiger partial charge in [0.05, 0.1) is 19.8 Å². The smallest absolute Gasteiger partial charge is 0.330 e. The first-order chi connectivity index (χ1) is 18.3. The van der Waals surface area contributed by atoms with Gasteiger partial charge in [-0.15, -0.1) is 0 Å². The number of ether oxygens (including phenoxy) is 5. The topological polar surface area (TPSA) is 164 Å². The van der Waals surface area contributed by atoms with Gasteiger partial charge in [-0.1, -0.05) is 60.7 Å².